The summed E-state index contributed by atoms with van der Waals surface area (Å²) < 4.78 is 5.11. The van der Waals surface area contributed by atoms with Crippen molar-refractivity contribution in [3.8, 4) is 5.75 Å². The van der Waals surface area contributed by atoms with Crippen LogP contribution in [0.5, 0.6) is 5.75 Å². The van der Waals surface area contributed by atoms with E-state index in [4.69, 9.17) is 4.74 Å². The van der Waals surface area contributed by atoms with Crippen LogP contribution in [0.1, 0.15) is 10.4 Å². The number of carbonyl (C=O) groups is 1. The SMILES string of the molecule is COc1ccccc1C(=O)Nc1cnccn1. The lowest BCUT2D eigenvalue weighted by Crippen LogP contribution is -2.14. The minimum absolute atomic E-state index is 0.275. The minimum Gasteiger partial charge on any atom is -0.496 e. The van der Waals surface area contributed by atoms with Crippen LogP contribution in [0.2, 0.25) is 0 Å². The molecule has 1 amide bonds. The largest absolute Gasteiger partial charge is 0.496 e. The normalized spacial score (nSPS) is 9.71. The van der Waals surface area contributed by atoms with Crippen molar-refractivity contribution in [2.45, 2.75) is 0 Å². The topological polar surface area (TPSA) is 64.1 Å². The van der Waals surface area contributed by atoms with Gasteiger partial charge in [0.15, 0.2) is 5.82 Å². The van der Waals surface area contributed by atoms with E-state index in [1.54, 1.807) is 30.5 Å². The molecule has 17 heavy (non-hydrogen) atoms. The Labute approximate surface area is 98.5 Å². The number of anilines is 1. The van der Waals surface area contributed by atoms with Crippen molar-refractivity contribution < 1.29 is 9.53 Å². The molecule has 1 aromatic carbocycles. The predicted octanol–water partition coefficient (Wildman–Crippen LogP) is 1.74. The van der Waals surface area contributed by atoms with Gasteiger partial charge in [0, 0.05) is 12.4 Å². The van der Waals surface area contributed by atoms with Crippen molar-refractivity contribution >= 4 is 11.7 Å². The van der Waals surface area contributed by atoms with E-state index in [1.165, 1.54) is 19.5 Å². The van der Waals surface area contributed by atoms with E-state index in [0.29, 0.717) is 17.1 Å². The van der Waals surface area contributed by atoms with Gasteiger partial charge in [0.1, 0.15) is 5.75 Å². The first kappa shape index (κ1) is 11.1. The molecule has 0 spiro atoms. The van der Waals surface area contributed by atoms with Gasteiger partial charge in [-0.3, -0.25) is 9.78 Å². The maximum atomic E-state index is 11.9. The lowest BCUT2D eigenvalue weighted by molar-refractivity contribution is 0.102. The summed E-state index contributed by atoms with van der Waals surface area (Å²) in [4.78, 5) is 19.8. The maximum absolute atomic E-state index is 11.9. The number of nitrogens with zero attached hydrogens (tertiary/aromatic N) is 2. The number of aromatic nitrogens is 2. The zero-order chi connectivity index (χ0) is 12.1. The molecule has 0 fully saturated rings. The number of nitrogens with one attached hydrogen (secondary N) is 1. The van der Waals surface area contributed by atoms with E-state index in [0.717, 1.165) is 0 Å². The third-order valence-electron chi connectivity index (χ3n) is 2.16. The molecule has 5 nitrogen and oxygen atoms in total. The summed E-state index contributed by atoms with van der Waals surface area (Å²) in [6, 6.07) is 6.99. The Morgan fingerprint density at radius 1 is 1.29 bits per heavy atom. The number of carbonyl (C=O) groups excluding carboxylic acids is 1. The van der Waals surface area contributed by atoms with E-state index in [-0.39, 0.29) is 5.91 Å². The molecule has 0 bridgehead atoms. The summed E-state index contributed by atoms with van der Waals surface area (Å²) in [6.07, 6.45) is 4.53. The zero-order valence-electron chi connectivity index (χ0n) is 9.25. The monoisotopic (exact) mass is 229 g/mol. The van der Waals surface area contributed by atoms with Crippen molar-refractivity contribution in [3.63, 3.8) is 0 Å². The van der Waals surface area contributed by atoms with Gasteiger partial charge < -0.3 is 10.1 Å². The van der Waals surface area contributed by atoms with Gasteiger partial charge in [0.25, 0.3) is 5.91 Å². The highest BCUT2D eigenvalue weighted by Gasteiger charge is 2.11. The van der Waals surface area contributed by atoms with E-state index in [1.807, 2.05) is 0 Å². The molecular formula is C12H11N3O2. The van der Waals surface area contributed by atoms with Crippen LogP contribution in [0, 0.1) is 0 Å². The van der Waals surface area contributed by atoms with Crippen molar-refractivity contribution in [2.24, 2.45) is 0 Å². The minimum atomic E-state index is -0.275. The van der Waals surface area contributed by atoms with Crippen molar-refractivity contribution in [2.75, 3.05) is 12.4 Å². The number of benzene rings is 1. The number of methoxy groups -OCH3 is 1. The summed E-state index contributed by atoms with van der Waals surface area (Å²) in [6.45, 7) is 0. The molecule has 2 rings (SSSR count). The third kappa shape index (κ3) is 2.57. The molecular weight excluding hydrogens is 218 g/mol. The lowest BCUT2D eigenvalue weighted by Gasteiger charge is -2.07. The molecule has 86 valence electrons. The molecule has 1 N–H and O–H groups in total. The number of para-hydroxylation sites is 1. The van der Waals surface area contributed by atoms with Crippen LogP contribution in [0.15, 0.2) is 42.9 Å². The average Bonchev–Trinajstić information content (AvgIpc) is 2.40. The fourth-order valence-corrected chi connectivity index (χ4v) is 1.38. The molecule has 0 atom stereocenters. The van der Waals surface area contributed by atoms with Gasteiger partial charge in [0.2, 0.25) is 0 Å². The molecule has 0 unspecified atom stereocenters. The second kappa shape index (κ2) is 5.07. The molecule has 0 aliphatic heterocycles. The Morgan fingerprint density at radius 3 is 2.82 bits per heavy atom. The Kier molecular flexibility index (Phi) is 3.30. The Morgan fingerprint density at radius 2 is 2.12 bits per heavy atom. The van der Waals surface area contributed by atoms with Crippen LogP contribution in [0.25, 0.3) is 0 Å². The van der Waals surface area contributed by atoms with E-state index in [9.17, 15) is 4.79 Å². The van der Waals surface area contributed by atoms with Crippen molar-refractivity contribution in [1.82, 2.24) is 9.97 Å². The fourth-order valence-electron chi connectivity index (χ4n) is 1.38. The van der Waals surface area contributed by atoms with Crippen LogP contribution in [0.4, 0.5) is 5.82 Å². The first-order valence-corrected chi connectivity index (χ1v) is 5.01. The summed E-state index contributed by atoms with van der Waals surface area (Å²) in [5.74, 6) is 0.653. The highest BCUT2D eigenvalue weighted by Crippen LogP contribution is 2.18. The number of rotatable bonds is 3. The highest BCUT2D eigenvalue weighted by atomic mass is 16.5. The van der Waals surface area contributed by atoms with Crippen molar-refractivity contribution in [1.29, 1.82) is 0 Å². The molecule has 0 saturated carbocycles. The molecule has 0 saturated heterocycles. The first-order valence-electron chi connectivity index (χ1n) is 5.01. The Hall–Kier alpha value is -2.43. The number of amides is 1. The standard InChI is InChI=1S/C12H11N3O2/c1-17-10-5-3-2-4-9(10)12(16)15-11-8-13-6-7-14-11/h2-8H,1H3,(H,14,15,16). The quantitative estimate of drug-likeness (QED) is 0.870. The molecule has 2 aromatic rings. The van der Waals surface area contributed by atoms with Gasteiger partial charge in [0.05, 0.1) is 18.9 Å². The number of hydrogen-bond acceptors (Lipinski definition) is 4. The summed E-state index contributed by atoms with van der Waals surface area (Å²) in [7, 11) is 1.52. The smallest absolute Gasteiger partial charge is 0.260 e. The van der Waals surface area contributed by atoms with Gasteiger partial charge >= 0.3 is 0 Å². The van der Waals surface area contributed by atoms with Crippen LogP contribution in [0.3, 0.4) is 0 Å². The van der Waals surface area contributed by atoms with Gasteiger partial charge in [-0.1, -0.05) is 12.1 Å². The molecule has 0 aliphatic carbocycles. The summed E-state index contributed by atoms with van der Waals surface area (Å²) >= 11 is 0. The molecule has 1 aromatic heterocycles. The van der Waals surface area contributed by atoms with Gasteiger partial charge in [-0.15, -0.1) is 0 Å². The Balaban J connectivity index is 2.20. The van der Waals surface area contributed by atoms with Crippen molar-refractivity contribution in [3.05, 3.63) is 48.4 Å². The fraction of sp³-hybridized carbons (Fsp3) is 0.0833. The van der Waals surface area contributed by atoms with E-state index >= 15 is 0 Å². The maximum Gasteiger partial charge on any atom is 0.260 e. The summed E-state index contributed by atoms with van der Waals surface area (Å²) in [5, 5.41) is 2.64. The van der Waals surface area contributed by atoms with Crippen LogP contribution in [-0.4, -0.2) is 23.0 Å². The molecule has 0 radical (unpaired) electrons. The Bertz CT molecular complexity index is 514. The van der Waals surface area contributed by atoms with Crippen LogP contribution >= 0.6 is 0 Å². The third-order valence-corrected chi connectivity index (χ3v) is 2.16. The van der Waals surface area contributed by atoms with Crippen LogP contribution in [-0.2, 0) is 0 Å². The first-order chi connectivity index (χ1) is 8.31. The number of hydrogen-bond donors (Lipinski definition) is 1. The van der Waals surface area contributed by atoms with Gasteiger partial charge in [-0.05, 0) is 12.1 Å². The van der Waals surface area contributed by atoms with Gasteiger partial charge in [-0.2, -0.15) is 0 Å². The predicted molar refractivity (Wildman–Crippen MR) is 63.0 cm³/mol. The highest BCUT2D eigenvalue weighted by molar-refractivity contribution is 6.05. The van der Waals surface area contributed by atoms with E-state index < -0.39 is 0 Å². The van der Waals surface area contributed by atoms with Gasteiger partial charge in [-0.25, -0.2) is 4.98 Å². The molecule has 5 heteroatoms. The second-order valence-electron chi connectivity index (χ2n) is 3.25. The van der Waals surface area contributed by atoms with Crippen LogP contribution < -0.4 is 10.1 Å². The molecule has 1 heterocycles. The molecule has 0 aliphatic rings. The lowest BCUT2D eigenvalue weighted by atomic mass is 10.2. The second-order valence-corrected chi connectivity index (χ2v) is 3.25. The van der Waals surface area contributed by atoms with E-state index in [2.05, 4.69) is 15.3 Å². The zero-order valence-corrected chi connectivity index (χ0v) is 9.25. The summed E-state index contributed by atoms with van der Waals surface area (Å²) in [5.41, 5.74) is 0.459. The number of ether oxygens (including phenoxy) is 1. The average molecular weight is 229 g/mol.